The predicted octanol–water partition coefficient (Wildman–Crippen LogP) is 3.61. The minimum Gasteiger partial charge on any atom is -0.495 e. The zero-order valence-corrected chi connectivity index (χ0v) is 12.3. The minimum atomic E-state index is -0.284. The van der Waals surface area contributed by atoms with Gasteiger partial charge in [0.2, 0.25) is 0 Å². The van der Waals surface area contributed by atoms with Gasteiger partial charge in [-0.15, -0.1) is 0 Å². The standard InChI is InChI=1S/C15H15ClN2O2/c1-9-7-13(14(20-3)8-11(9)16)18-15(19)12-6-4-5-10(2)17-12/h4-8H,1-3H3,(H,18,19). The third-order valence-electron chi connectivity index (χ3n) is 2.85. The highest BCUT2D eigenvalue weighted by Crippen LogP contribution is 2.31. The monoisotopic (exact) mass is 290 g/mol. The molecular weight excluding hydrogens is 276 g/mol. The number of nitrogens with one attached hydrogen (secondary N) is 1. The number of benzene rings is 1. The first-order valence-corrected chi connectivity index (χ1v) is 6.48. The van der Waals surface area contributed by atoms with Crippen molar-refractivity contribution in [3.05, 3.63) is 52.3 Å². The molecule has 0 saturated carbocycles. The molecule has 5 heteroatoms. The number of rotatable bonds is 3. The Labute approximate surface area is 122 Å². The average molecular weight is 291 g/mol. The normalized spacial score (nSPS) is 10.2. The zero-order chi connectivity index (χ0) is 14.7. The van der Waals surface area contributed by atoms with Crippen LogP contribution in [0.15, 0.2) is 30.3 Å². The summed E-state index contributed by atoms with van der Waals surface area (Å²) in [5.74, 6) is 0.232. The molecule has 0 fully saturated rings. The molecule has 2 aromatic rings. The Balaban J connectivity index is 2.30. The van der Waals surface area contributed by atoms with Crippen LogP contribution in [0.1, 0.15) is 21.7 Å². The fourth-order valence-corrected chi connectivity index (χ4v) is 1.94. The van der Waals surface area contributed by atoms with Gasteiger partial charge in [0.05, 0.1) is 12.8 Å². The second-order valence-electron chi connectivity index (χ2n) is 4.42. The van der Waals surface area contributed by atoms with Crippen molar-refractivity contribution in [1.82, 2.24) is 4.98 Å². The van der Waals surface area contributed by atoms with Gasteiger partial charge in [0, 0.05) is 16.8 Å². The molecule has 1 heterocycles. The van der Waals surface area contributed by atoms with E-state index in [1.165, 1.54) is 7.11 Å². The van der Waals surface area contributed by atoms with Crippen LogP contribution in [0.2, 0.25) is 5.02 Å². The van der Waals surface area contributed by atoms with Crippen LogP contribution in [0, 0.1) is 13.8 Å². The number of aromatic nitrogens is 1. The predicted molar refractivity (Wildman–Crippen MR) is 79.7 cm³/mol. The Kier molecular flexibility index (Phi) is 4.25. The fraction of sp³-hybridized carbons (Fsp3) is 0.200. The van der Waals surface area contributed by atoms with Gasteiger partial charge in [0.25, 0.3) is 5.91 Å². The largest absolute Gasteiger partial charge is 0.495 e. The average Bonchev–Trinajstić information content (AvgIpc) is 2.42. The summed E-state index contributed by atoms with van der Waals surface area (Å²) in [7, 11) is 1.53. The Hall–Kier alpha value is -2.07. The van der Waals surface area contributed by atoms with Crippen LogP contribution in [0.4, 0.5) is 5.69 Å². The van der Waals surface area contributed by atoms with Crippen LogP contribution in [0.25, 0.3) is 0 Å². The van der Waals surface area contributed by atoms with E-state index in [1.54, 1.807) is 24.3 Å². The molecule has 1 amide bonds. The smallest absolute Gasteiger partial charge is 0.274 e. The van der Waals surface area contributed by atoms with Crippen LogP contribution < -0.4 is 10.1 Å². The van der Waals surface area contributed by atoms with Crippen LogP contribution in [-0.4, -0.2) is 18.0 Å². The van der Waals surface area contributed by atoms with E-state index in [-0.39, 0.29) is 5.91 Å². The first-order chi connectivity index (χ1) is 9.51. The molecule has 0 aliphatic carbocycles. The summed E-state index contributed by atoms with van der Waals surface area (Å²) >= 11 is 6.03. The fourth-order valence-electron chi connectivity index (χ4n) is 1.79. The van der Waals surface area contributed by atoms with Crippen molar-refractivity contribution in [2.24, 2.45) is 0 Å². The number of hydrogen-bond acceptors (Lipinski definition) is 3. The lowest BCUT2D eigenvalue weighted by Gasteiger charge is -2.12. The molecule has 0 unspecified atom stereocenters. The molecule has 1 aromatic heterocycles. The van der Waals surface area contributed by atoms with Crippen LogP contribution in [-0.2, 0) is 0 Å². The molecule has 0 bridgehead atoms. The molecule has 0 spiro atoms. The number of methoxy groups -OCH3 is 1. The lowest BCUT2D eigenvalue weighted by atomic mass is 10.2. The number of ether oxygens (including phenoxy) is 1. The minimum absolute atomic E-state index is 0.284. The molecule has 0 aliphatic rings. The number of amides is 1. The summed E-state index contributed by atoms with van der Waals surface area (Å²) in [4.78, 5) is 16.4. The van der Waals surface area contributed by atoms with Gasteiger partial charge < -0.3 is 10.1 Å². The first-order valence-electron chi connectivity index (χ1n) is 6.10. The van der Waals surface area contributed by atoms with Crippen LogP contribution >= 0.6 is 11.6 Å². The third kappa shape index (κ3) is 3.08. The second kappa shape index (κ2) is 5.92. The van der Waals surface area contributed by atoms with Gasteiger partial charge in [-0.05, 0) is 37.6 Å². The van der Waals surface area contributed by atoms with E-state index in [0.29, 0.717) is 22.2 Å². The van der Waals surface area contributed by atoms with Gasteiger partial charge in [-0.25, -0.2) is 4.98 Å². The van der Waals surface area contributed by atoms with Gasteiger partial charge in [-0.1, -0.05) is 17.7 Å². The molecule has 104 valence electrons. The van der Waals surface area contributed by atoms with E-state index in [4.69, 9.17) is 16.3 Å². The molecule has 0 atom stereocenters. The van der Waals surface area contributed by atoms with Gasteiger partial charge in [0.1, 0.15) is 11.4 Å². The summed E-state index contributed by atoms with van der Waals surface area (Å²) < 4.78 is 5.22. The molecule has 4 nitrogen and oxygen atoms in total. The molecule has 1 N–H and O–H groups in total. The highest BCUT2D eigenvalue weighted by atomic mass is 35.5. The van der Waals surface area contributed by atoms with Crippen molar-refractivity contribution in [3.63, 3.8) is 0 Å². The van der Waals surface area contributed by atoms with Gasteiger partial charge in [-0.3, -0.25) is 4.79 Å². The van der Waals surface area contributed by atoms with Crippen LogP contribution in [0.3, 0.4) is 0 Å². The number of anilines is 1. The Bertz CT molecular complexity index is 656. The number of halogens is 1. The van der Waals surface area contributed by atoms with Crippen molar-refractivity contribution in [2.45, 2.75) is 13.8 Å². The van der Waals surface area contributed by atoms with Crippen molar-refractivity contribution in [1.29, 1.82) is 0 Å². The van der Waals surface area contributed by atoms with E-state index in [2.05, 4.69) is 10.3 Å². The molecule has 2 rings (SSSR count). The number of carbonyl (C=O) groups is 1. The lowest BCUT2D eigenvalue weighted by Crippen LogP contribution is -2.14. The van der Waals surface area contributed by atoms with E-state index >= 15 is 0 Å². The van der Waals surface area contributed by atoms with Gasteiger partial charge in [-0.2, -0.15) is 0 Å². The summed E-state index contributed by atoms with van der Waals surface area (Å²) in [6.07, 6.45) is 0. The highest BCUT2D eigenvalue weighted by molar-refractivity contribution is 6.31. The topological polar surface area (TPSA) is 51.2 Å². The summed E-state index contributed by atoms with van der Waals surface area (Å²) in [6, 6.07) is 8.74. The Morgan fingerprint density at radius 1 is 1.30 bits per heavy atom. The molecule has 20 heavy (non-hydrogen) atoms. The highest BCUT2D eigenvalue weighted by Gasteiger charge is 2.12. The third-order valence-corrected chi connectivity index (χ3v) is 3.26. The Morgan fingerprint density at radius 3 is 2.70 bits per heavy atom. The second-order valence-corrected chi connectivity index (χ2v) is 4.83. The molecular formula is C15H15ClN2O2. The summed E-state index contributed by atoms with van der Waals surface area (Å²) in [6.45, 7) is 3.70. The number of aryl methyl sites for hydroxylation is 2. The van der Waals surface area contributed by atoms with E-state index in [0.717, 1.165) is 11.3 Å². The maximum absolute atomic E-state index is 12.2. The van der Waals surface area contributed by atoms with Crippen molar-refractivity contribution >= 4 is 23.2 Å². The number of pyridine rings is 1. The van der Waals surface area contributed by atoms with Gasteiger partial charge >= 0.3 is 0 Å². The Morgan fingerprint density at radius 2 is 2.05 bits per heavy atom. The summed E-state index contributed by atoms with van der Waals surface area (Å²) in [5.41, 5.74) is 2.58. The number of carbonyl (C=O) groups excluding carboxylic acids is 1. The SMILES string of the molecule is COc1cc(Cl)c(C)cc1NC(=O)c1cccc(C)n1. The molecule has 0 radical (unpaired) electrons. The van der Waals surface area contributed by atoms with E-state index < -0.39 is 0 Å². The van der Waals surface area contributed by atoms with Crippen LogP contribution in [0.5, 0.6) is 5.75 Å². The lowest BCUT2D eigenvalue weighted by molar-refractivity contribution is 0.102. The zero-order valence-electron chi connectivity index (χ0n) is 11.5. The maximum Gasteiger partial charge on any atom is 0.274 e. The van der Waals surface area contributed by atoms with E-state index in [9.17, 15) is 4.79 Å². The molecule has 0 saturated heterocycles. The van der Waals surface area contributed by atoms with Crippen molar-refractivity contribution < 1.29 is 9.53 Å². The molecule has 1 aromatic carbocycles. The van der Waals surface area contributed by atoms with Crippen molar-refractivity contribution in [2.75, 3.05) is 12.4 Å². The van der Waals surface area contributed by atoms with Gasteiger partial charge in [0.15, 0.2) is 0 Å². The first kappa shape index (κ1) is 14.3. The molecule has 0 aliphatic heterocycles. The number of hydrogen-bond donors (Lipinski definition) is 1. The number of nitrogens with zero attached hydrogens (tertiary/aromatic N) is 1. The summed E-state index contributed by atoms with van der Waals surface area (Å²) in [5, 5.41) is 3.38. The quantitative estimate of drug-likeness (QED) is 0.939. The van der Waals surface area contributed by atoms with E-state index in [1.807, 2.05) is 19.9 Å². The maximum atomic E-state index is 12.2. The van der Waals surface area contributed by atoms with Crippen molar-refractivity contribution in [3.8, 4) is 5.75 Å².